The Kier molecular flexibility index (Phi) is 3.21. The van der Waals surface area contributed by atoms with Crippen molar-refractivity contribution in [2.45, 2.75) is 26.4 Å². The molecule has 6 heteroatoms. The largest absolute Gasteiger partial charge is 0.341 e. The van der Waals surface area contributed by atoms with Crippen LogP contribution in [0.25, 0.3) is 10.9 Å². The minimum absolute atomic E-state index is 0.111. The molecule has 3 aromatic rings. The molecule has 21 heavy (non-hydrogen) atoms. The summed E-state index contributed by atoms with van der Waals surface area (Å²) in [7, 11) is 0. The lowest BCUT2D eigenvalue weighted by molar-refractivity contribution is -0.384. The summed E-state index contributed by atoms with van der Waals surface area (Å²) in [6.45, 7) is 4.84. The fraction of sp³-hybridized carbons (Fsp3) is 0.267. The van der Waals surface area contributed by atoms with Gasteiger partial charge in [-0.25, -0.2) is 4.98 Å². The average molecular weight is 284 g/mol. The molecule has 6 nitrogen and oxygen atoms in total. The predicted octanol–water partition coefficient (Wildman–Crippen LogP) is 3.38. The number of nitro benzene ring substituents is 1. The first-order valence-corrected chi connectivity index (χ1v) is 6.80. The summed E-state index contributed by atoms with van der Waals surface area (Å²) in [6, 6.07) is 7.23. The molecule has 0 radical (unpaired) electrons. The van der Waals surface area contributed by atoms with Crippen molar-refractivity contribution in [2.75, 3.05) is 0 Å². The summed E-state index contributed by atoms with van der Waals surface area (Å²) < 4.78 is 4.11. The third kappa shape index (κ3) is 2.40. The molecule has 0 fully saturated rings. The third-order valence-corrected chi connectivity index (χ3v) is 3.60. The number of imidazole rings is 1. The van der Waals surface area contributed by atoms with Crippen LogP contribution in [0.1, 0.15) is 25.6 Å². The van der Waals surface area contributed by atoms with Gasteiger partial charge in [-0.3, -0.25) is 10.1 Å². The van der Waals surface area contributed by atoms with E-state index in [0.717, 1.165) is 16.6 Å². The van der Waals surface area contributed by atoms with Gasteiger partial charge in [0.2, 0.25) is 0 Å². The lowest BCUT2D eigenvalue weighted by atomic mass is 10.2. The van der Waals surface area contributed by atoms with Gasteiger partial charge >= 0.3 is 0 Å². The number of hydrogen-bond acceptors (Lipinski definition) is 3. The van der Waals surface area contributed by atoms with Crippen molar-refractivity contribution < 1.29 is 4.92 Å². The molecule has 108 valence electrons. The lowest BCUT2D eigenvalue weighted by Gasteiger charge is -2.12. The van der Waals surface area contributed by atoms with Gasteiger partial charge in [0.25, 0.3) is 5.69 Å². The first-order chi connectivity index (χ1) is 10.1. The molecule has 0 spiro atoms. The van der Waals surface area contributed by atoms with Gasteiger partial charge in [-0.2, -0.15) is 0 Å². The zero-order valence-corrected chi connectivity index (χ0v) is 11.9. The predicted molar refractivity (Wildman–Crippen MR) is 80.3 cm³/mol. The van der Waals surface area contributed by atoms with Gasteiger partial charge in [0, 0.05) is 36.0 Å². The number of nitro groups is 1. The Labute approximate surface area is 121 Å². The number of nitrogens with zero attached hydrogens (tertiary/aromatic N) is 4. The minimum atomic E-state index is -0.366. The SMILES string of the molecule is CC(C)n1cncc1Cn1ccc2ccc([N+](=O)[O-])cc21. The zero-order valence-electron chi connectivity index (χ0n) is 11.9. The van der Waals surface area contributed by atoms with Gasteiger partial charge in [-0.1, -0.05) is 0 Å². The van der Waals surface area contributed by atoms with Gasteiger partial charge < -0.3 is 9.13 Å². The van der Waals surface area contributed by atoms with Crippen molar-refractivity contribution in [3.63, 3.8) is 0 Å². The van der Waals surface area contributed by atoms with Crippen LogP contribution >= 0.6 is 0 Å². The fourth-order valence-electron chi connectivity index (χ4n) is 2.52. The molecule has 0 aliphatic rings. The number of hydrogen-bond donors (Lipinski definition) is 0. The molecule has 2 aromatic heterocycles. The first kappa shape index (κ1) is 13.4. The van der Waals surface area contributed by atoms with E-state index >= 15 is 0 Å². The van der Waals surface area contributed by atoms with Gasteiger partial charge in [0.15, 0.2) is 0 Å². The summed E-state index contributed by atoms with van der Waals surface area (Å²) in [5.74, 6) is 0. The van der Waals surface area contributed by atoms with E-state index in [0.29, 0.717) is 12.6 Å². The van der Waals surface area contributed by atoms with E-state index in [4.69, 9.17) is 0 Å². The van der Waals surface area contributed by atoms with Crippen LogP contribution in [0.3, 0.4) is 0 Å². The number of benzene rings is 1. The van der Waals surface area contributed by atoms with Crippen molar-refractivity contribution in [1.82, 2.24) is 14.1 Å². The highest BCUT2D eigenvalue weighted by Gasteiger charge is 2.11. The second-order valence-electron chi connectivity index (χ2n) is 5.33. The van der Waals surface area contributed by atoms with Crippen molar-refractivity contribution in [3.05, 3.63) is 58.8 Å². The summed E-state index contributed by atoms with van der Waals surface area (Å²) >= 11 is 0. The minimum Gasteiger partial charge on any atom is -0.341 e. The summed E-state index contributed by atoms with van der Waals surface area (Å²) in [5, 5.41) is 11.9. The van der Waals surface area contributed by atoms with Crippen LogP contribution in [0.2, 0.25) is 0 Å². The van der Waals surface area contributed by atoms with E-state index in [1.54, 1.807) is 12.1 Å². The molecule has 0 aliphatic carbocycles. The molecule has 0 saturated heterocycles. The fourth-order valence-corrected chi connectivity index (χ4v) is 2.52. The van der Waals surface area contributed by atoms with Crippen molar-refractivity contribution >= 4 is 16.6 Å². The van der Waals surface area contributed by atoms with Crippen molar-refractivity contribution in [3.8, 4) is 0 Å². The van der Waals surface area contributed by atoms with E-state index in [9.17, 15) is 10.1 Å². The molecule has 3 rings (SSSR count). The van der Waals surface area contributed by atoms with Gasteiger partial charge in [0.05, 0.1) is 29.0 Å². The number of non-ortho nitro benzene ring substituents is 1. The van der Waals surface area contributed by atoms with Crippen LogP contribution in [0.5, 0.6) is 0 Å². The maximum atomic E-state index is 10.9. The van der Waals surface area contributed by atoms with Crippen LogP contribution < -0.4 is 0 Å². The van der Waals surface area contributed by atoms with E-state index in [1.165, 1.54) is 6.07 Å². The zero-order chi connectivity index (χ0) is 15.0. The Morgan fingerprint density at radius 1 is 1.33 bits per heavy atom. The Balaban J connectivity index is 2.02. The maximum Gasteiger partial charge on any atom is 0.271 e. The van der Waals surface area contributed by atoms with Crippen LogP contribution in [0, 0.1) is 10.1 Å². The second-order valence-corrected chi connectivity index (χ2v) is 5.33. The standard InChI is InChI=1S/C15H16N4O2/c1-11(2)18-10-16-8-14(18)9-17-6-5-12-3-4-13(19(20)21)7-15(12)17/h3-8,10-11H,9H2,1-2H3. The smallest absolute Gasteiger partial charge is 0.271 e. The van der Waals surface area contributed by atoms with E-state index in [-0.39, 0.29) is 10.6 Å². The van der Waals surface area contributed by atoms with Crippen LogP contribution in [-0.2, 0) is 6.54 Å². The molecule has 0 amide bonds. The Morgan fingerprint density at radius 3 is 2.86 bits per heavy atom. The highest BCUT2D eigenvalue weighted by atomic mass is 16.6. The molecular weight excluding hydrogens is 268 g/mol. The number of fused-ring (bicyclic) bond motifs is 1. The molecule has 0 N–H and O–H groups in total. The molecule has 0 atom stereocenters. The molecule has 1 aromatic carbocycles. The van der Waals surface area contributed by atoms with E-state index < -0.39 is 0 Å². The highest BCUT2D eigenvalue weighted by molar-refractivity contribution is 5.82. The normalized spacial score (nSPS) is 11.4. The molecule has 0 unspecified atom stereocenters. The molecule has 0 aliphatic heterocycles. The summed E-state index contributed by atoms with van der Waals surface area (Å²) in [4.78, 5) is 14.7. The van der Waals surface area contributed by atoms with Crippen LogP contribution in [-0.4, -0.2) is 19.0 Å². The van der Waals surface area contributed by atoms with Crippen molar-refractivity contribution in [1.29, 1.82) is 0 Å². The molecule has 0 saturated carbocycles. The second kappa shape index (κ2) is 5.05. The Hall–Kier alpha value is -2.63. The lowest BCUT2D eigenvalue weighted by Crippen LogP contribution is -2.08. The van der Waals surface area contributed by atoms with E-state index in [2.05, 4.69) is 23.4 Å². The molecule has 0 bridgehead atoms. The quantitative estimate of drug-likeness (QED) is 0.545. The first-order valence-electron chi connectivity index (χ1n) is 6.80. The molecular formula is C15H16N4O2. The topological polar surface area (TPSA) is 65.9 Å². The van der Waals surface area contributed by atoms with Crippen LogP contribution in [0.4, 0.5) is 5.69 Å². The molecule has 2 heterocycles. The average Bonchev–Trinajstić information content (AvgIpc) is 3.06. The number of aromatic nitrogens is 3. The highest BCUT2D eigenvalue weighted by Crippen LogP contribution is 2.23. The Morgan fingerprint density at radius 2 is 2.14 bits per heavy atom. The van der Waals surface area contributed by atoms with Gasteiger partial charge in [-0.15, -0.1) is 0 Å². The third-order valence-electron chi connectivity index (χ3n) is 3.60. The summed E-state index contributed by atoms with van der Waals surface area (Å²) in [6.07, 6.45) is 5.60. The maximum absolute atomic E-state index is 10.9. The van der Waals surface area contributed by atoms with Crippen molar-refractivity contribution in [2.24, 2.45) is 0 Å². The van der Waals surface area contributed by atoms with E-state index in [1.807, 2.05) is 29.4 Å². The van der Waals surface area contributed by atoms with Gasteiger partial charge in [0.1, 0.15) is 0 Å². The van der Waals surface area contributed by atoms with Crippen LogP contribution in [0.15, 0.2) is 43.0 Å². The Bertz CT molecular complexity index is 801. The summed E-state index contributed by atoms with van der Waals surface area (Å²) in [5.41, 5.74) is 2.05. The number of rotatable bonds is 4. The van der Waals surface area contributed by atoms with Gasteiger partial charge in [-0.05, 0) is 26.0 Å². The monoisotopic (exact) mass is 284 g/mol.